The maximum Gasteiger partial charge on any atom is 0.416 e. The standard InChI is InChI=1S/C27H36F3N3O2S/c1-33(2)15-6-16-36(34,35)31-18-19-9-12-22-23(13-10-19)26(20-7-4-3-5-8-20)32-25-14-11-21(17-24(22)25)27(28,29)30/h3-5,7-8,11,14,17,19,22-23,26,31-32H,6,9-10,12-13,15-16,18H2,1-2H3/t19-,22+,23-,26+/m1/s1. The van der Waals surface area contributed by atoms with Crippen molar-refractivity contribution in [2.24, 2.45) is 11.8 Å². The second-order valence-electron chi connectivity index (χ2n) is 10.4. The Hall–Kier alpha value is -2.10. The van der Waals surface area contributed by atoms with Crippen LogP contribution in [0.25, 0.3) is 0 Å². The zero-order valence-corrected chi connectivity index (χ0v) is 21.7. The molecule has 0 unspecified atom stereocenters. The Labute approximate surface area is 212 Å². The minimum Gasteiger partial charge on any atom is -0.378 e. The summed E-state index contributed by atoms with van der Waals surface area (Å²) in [7, 11) is 0.477. The summed E-state index contributed by atoms with van der Waals surface area (Å²) >= 11 is 0. The number of halogens is 3. The van der Waals surface area contributed by atoms with Gasteiger partial charge in [0.1, 0.15) is 0 Å². The van der Waals surface area contributed by atoms with Crippen molar-refractivity contribution in [1.29, 1.82) is 0 Å². The Morgan fingerprint density at radius 2 is 1.75 bits per heavy atom. The summed E-state index contributed by atoms with van der Waals surface area (Å²) in [4.78, 5) is 1.96. The van der Waals surface area contributed by atoms with Gasteiger partial charge in [-0.3, -0.25) is 0 Å². The van der Waals surface area contributed by atoms with E-state index in [1.807, 2.05) is 37.2 Å². The molecule has 198 valence electrons. The topological polar surface area (TPSA) is 61.4 Å². The van der Waals surface area contributed by atoms with Gasteiger partial charge in [-0.15, -0.1) is 0 Å². The lowest BCUT2D eigenvalue weighted by molar-refractivity contribution is -0.137. The lowest BCUT2D eigenvalue weighted by Gasteiger charge is -2.41. The molecule has 1 heterocycles. The van der Waals surface area contributed by atoms with Crippen molar-refractivity contribution in [1.82, 2.24) is 9.62 Å². The van der Waals surface area contributed by atoms with Crippen LogP contribution in [0.3, 0.4) is 0 Å². The molecule has 1 fully saturated rings. The summed E-state index contributed by atoms with van der Waals surface area (Å²) in [6.07, 6.45) is -0.658. The highest BCUT2D eigenvalue weighted by atomic mass is 32.2. The highest BCUT2D eigenvalue weighted by Crippen LogP contribution is 2.52. The van der Waals surface area contributed by atoms with Gasteiger partial charge in [0, 0.05) is 12.2 Å². The van der Waals surface area contributed by atoms with Crippen LogP contribution in [0, 0.1) is 11.8 Å². The van der Waals surface area contributed by atoms with Gasteiger partial charge >= 0.3 is 6.18 Å². The van der Waals surface area contributed by atoms with Crippen LogP contribution >= 0.6 is 0 Å². The fourth-order valence-corrected chi connectivity index (χ4v) is 6.87. The fourth-order valence-electron chi connectivity index (χ4n) is 5.72. The first kappa shape index (κ1) is 26.9. The van der Waals surface area contributed by atoms with Crippen molar-refractivity contribution in [2.45, 2.75) is 50.2 Å². The summed E-state index contributed by atoms with van der Waals surface area (Å²) in [5.41, 5.74) is 1.99. The molecule has 1 aliphatic heterocycles. The summed E-state index contributed by atoms with van der Waals surface area (Å²) in [5, 5.41) is 3.54. The van der Waals surface area contributed by atoms with E-state index in [4.69, 9.17) is 0 Å². The van der Waals surface area contributed by atoms with E-state index < -0.39 is 21.8 Å². The molecule has 2 N–H and O–H groups in total. The molecule has 0 radical (unpaired) electrons. The van der Waals surface area contributed by atoms with E-state index >= 15 is 0 Å². The van der Waals surface area contributed by atoms with Gasteiger partial charge in [0.25, 0.3) is 0 Å². The molecule has 0 spiro atoms. The number of rotatable bonds is 8. The number of alkyl halides is 3. The lowest BCUT2D eigenvalue weighted by atomic mass is 9.72. The minimum atomic E-state index is -4.39. The first-order chi connectivity index (χ1) is 17.0. The fraction of sp³-hybridized carbons (Fsp3) is 0.556. The van der Waals surface area contributed by atoms with E-state index in [-0.39, 0.29) is 29.5 Å². The molecule has 36 heavy (non-hydrogen) atoms. The Kier molecular flexibility index (Phi) is 8.32. The van der Waals surface area contributed by atoms with Crippen molar-refractivity contribution in [3.05, 3.63) is 65.2 Å². The first-order valence-corrected chi connectivity index (χ1v) is 14.3. The minimum absolute atomic E-state index is 0.00177. The van der Waals surface area contributed by atoms with Crippen LogP contribution in [0.15, 0.2) is 48.5 Å². The van der Waals surface area contributed by atoms with Gasteiger partial charge in [-0.25, -0.2) is 13.1 Å². The van der Waals surface area contributed by atoms with E-state index in [1.165, 1.54) is 6.07 Å². The highest BCUT2D eigenvalue weighted by Gasteiger charge is 2.41. The Morgan fingerprint density at radius 3 is 2.44 bits per heavy atom. The van der Waals surface area contributed by atoms with Crippen molar-refractivity contribution < 1.29 is 21.6 Å². The van der Waals surface area contributed by atoms with Crippen LogP contribution in [-0.2, 0) is 16.2 Å². The summed E-state index contributed by atoms with van der Waals surface area (Å²) < 4.78 is 68.3. The third kappa shape index (κ3) is 6.61. The molecule has 0 aromatic heterocycles. The molecule has 2 aromatic carbocycles. The Morgan fingerprint density at radius 1 is 1.03 bits per heavy atom. The largest absolute Gasteiger partial charge is 0.416 e. The van der Waals surface area contributed by atoms with Crippen molar-refractivity contribution >= 4 is 15.7 Å². The van der Waals surface area contributed by atoms with Crippen LogP contribution in [0.5, 0.6) is 0 Å². The molecule has 1 aliphatic carbocycles. The average Bonchev–Trinajstić information content (AvgIpc) is 3.05. The molecule has 1 saturated carbocycles. The second kappa shape index (κ2) is 11.1. The van der Waals surface area contributed by atoms with Crippen LogP contribution in [0.1, 0.15) is 60.8 Å². The van der Waals surface area contributed by atoms with Crippen molar-refractivity contribution in [2.75, 3.05) is 38.3 Å². The van der Waals surface area contributed by atoms with E-state index in [9.17, 15) is 21.6 Å². The zero-order chi connectivity index (χ0) is 25.9. The highest BCUT2D eigenvalue weighted by molar-refractivity contribution is 7.89. The third-order valence-electron chi connectivity index (χ3n) is 7.60. The maximum absolute atomic E-state index is 13.5. The summed E-state index contributed by atoms with van der Waals surface area (Å²) in [5.74, 6) is 0.363. The SMILES string of the molecule is CN(C)CCCS(=O)(=O)NC[C@H]1CC[C@@H]2[C@H](CC1)c1cc(C(F)(F)F)ccc1N[C@H]2c1ccccc1. The predicted molar refractivity (Wildman–Crippen MR) is 137 cm³/mol. The molecular weight excluding hydrogens is 487 g/mol. The van der Waals surface area contributed by atoms with Crippen molar-refractivity contribution in [3.8, 4) is 0 Å². The first-order valence-electron chi connectivity index (χ1n) is 12.7. The molecule has 0 amide bonds. The quantitative estimate of drug-likeness (QED) is 0.471. The van der Waals surface area contributed by atoms with Crippen LogP contribution < -0.4 is 10.0 Å². The van der Waals surface area contributed by atoms with Gasteiger partial charge in [0.05, 0.1) is 17.4 Å². The predicted octanol–water partition coefficient (Wildman–Crippen LogP) is 5.63. The molecule has 9 heteroatoms. The molecule has 0 saturated heterocycles. The third-order valence-corrected chi connectivity index (χ3v) is 9.03. The summed E-state index contributed by atoms with van der Waals surface area (Å²) in [6, 6.07) is 14.1. The number of hydrogen-bond donors (Lipinski definition) is 2. The van der Waals surface area contributed by atoms with Gasteiger partial charge in [0.15, 0.2) is 0 Å². The molecule has 2 aliphatic rings. The Bertz CT molecular complexity index is 1120. The molecule has 5 nitrogen and oxygen atoms in total. The van der Waals surface area contributed by atoms with Gasteiger partial charge in [-0.1, -0.05) is 30.3 Å². The van der Waals surface area contributed by atoms with E-state index in [2.05, 4.69) is 22.2 Å². The molecule has 4 rings (SSSR count). The van der Waals surface area contributed by atoms with Crippen LogP contribution in [0.2, 0.25) is 0 Å². The zero-order valence-electron chi connectivity index (χ0n) is 20.9. The molecule has 4 atom stereocenters. The molecule has 2 aromatic rings. The van der Waals surface area contributed by atoms with Gasteiger partial charge in [0.2, 0.25) is 10.0 Å². The van der Waals surface area contributed by atoms with E-state index in [0.717, 1.165) is 48.6 Å². The smallest absolute Gasteiger partial charge is 0.378 e. The monoisotopic (exact) mass is 523 g/mol. The van der Waals surface area contributed by atoms with E-state index in [0.29, 0.717) is 19.5 Å². The second-order valence-corrected chi connectivity index (χ2v) is 12.4. The Balaban J connectivity index is 1.53. The number of benzene rings is 2. The van der Waals surface area contributed by atoms with Crippen LogP contribution in [0.4, 0.5) is 18.9 Å². The lowest BCUT2D eigenvalue weighted by Crippen LogP contribution is -2.32. The van der Waals surface area contributed by atoms with E-state index in [1.54, 1.807) is 6.07 Å². The number of nitrogens with one attached hydrogen (secondary N) is 2. The average molecular weight is 524 g/mol. The van der Waals surface area contributed by atoms with Gasteiger partial charge in [-0.2, -0.15) is 13.2 Å². The molecular formula is C27H36F3N3O2S. The number of sulfonamides is 1. The molecule has 0 bridgehead atoms. The maximum atomic E-state index is 13.5. The number of fused-ring (bicyclic) bond motifs is 3. The van der Waals surface area contributed by atoms with Crippen molar-refractivity contribution in [3.63, 3.8) is 0 Å². The number of hydrogen-bond acceptors (Lipinski definition) is 4. The summed E-state index contributed by atoms with van der Waals surface area (Å²) in [6.45, 7) is 1.09. The van der Waals surface area contributed by atoms with Gasteiger partial charge in [-0.05, 0) is 99.8 Å². The normalized spacial score (nSPS) is 24.5. The number of anilines is 1. The van der Waals surface area contributed by atoms with Crippen LogP contribution in [-0.4, -0.2) is 46.3 Å². The number of nitrogens with zero attached hydrogens (tertiary/aromatic N) is 1. The van der Waals surface area contributed by atoms with Gasteiger partial charge < -0.3 is 10.2 Å².